The minimum Gasteiger partial charge on any atom is -0.378 e. The lowest BCUT2D eigenvalue weighted by atomic mass is 10.0. The summed E-state index contributed by atoms with van der Waals surface area (Å²) in [5, 5.41) is 5.75. The van der Waals surface area contributed by atoms with Crippen molar-refractivity contribution in [3.8, 4) is 11.1 Å². The first-order valence-corrected chi connectivity index (χ1v) is 8.75. The third-order valence-corrected chi connectivity index (χ3v) is 4.67. The first-order chi connectivity index (χ1) is 13.6. The molecule has 2 N–H and O–H groups in total. The molecule has 0 unspecified atom stereocenters. The molecule has 3 heterocycles. The zero-order valence-corrected chi connectivity index (χ0v) is 15.1. The van der Waals surface area contributed by atoms with Gasteiger partial charge in [-0.3, -0.25) is 9.78 Å². The van der Waals surface area contributed by atoms with Gasteiger partial charge in [0.25, 0.3) is 5.91 Å². The lowest BCUT2D eigenvalue weighted by molar-refractivity contribution is 0.0925. The highest BCUT2D eigenvalue weighted by Gasteiger charge is 2.30. The number of carbonyl (C=O) groups excluding carboxylic acids is 1. The van der Waals surface area contributed by atoms with Gasteiger partial charge in [-0.05, 0) is 29.8 Å². The summed E-state index contributed by atoms with van der Waals surface area (Å²) < 4.78 is 35.3. The molecule has 1 aromatic carbocycles. The fourth-order valence-corrected chi connectivity index (χ4v) is 3.49. The number of hydrogen-bond acceptors (Lipinski definition) is 4. The number of fused-ring (bicyclic) bond motifs is 1. The van der Waals surface area contributed by atoms with E-state index in [4.69, 9.17) is 4.74 Å². The van der Waals surface area contributed by atoms with Gasteiger partial charge in [0.1, 0.15) is 5.69 Å². The molecule has 3 aromatic rings. The number of amides is 1. The van der Waals surface area contributed by atoms with E-state index in [0.717, 1.165) is 17.3 Å². The number of pyridine rings is 1. The summed E-state index contributed by atoms with van der Waals surface area (Å²) in [5.74, 6) is -2.26. The summed E-state index contributed by atoms with van der Waals surface area (Å²) in [7, 11) is 1.57. The molecule has 0 spiro atoms. The number of carbonyl (C=O) groups is 1. The van der Waals surface area contributed by atoms with Crippen LogP contribution >= 0.6 is 0 Å². The molecule has 6 nitrogen and oxygen atoms in total. The second kappa shape index (κ2) is 7.40. The summed E-state index contributed by atoms with van der Waals surface area (Å²) in [6.07, 6.45) is 3.27. The van der Waals surface area contributed by atoms with Crippen molar-refractivity contribution < 1.29 is 18.3 Å². The number of ether oxygens (including phenoxy) is 1. The average Bonchev–Trinajstić information content (AvgIpc) is 3.01. The molecule has 1 aliphatic heterocycles. The molecule has 0 atom stereocenters. The Balaban J connectivity index is 1.97. The number of hydrogen-bond donors (Lipinski definition) is 2. The van der Waals surface area contributed by atoms with Crippen molar-refractivity contribution in [3.05, 3.63) is 65.7 Å². The van der Waals surface area contributed by atoms with Gasteiger partial charge in [-0.15, -0.1) is 0 Å². The van der Waals surface area contributed by atoms with E-state index < -0.39 is 11.6 Å². The maximum Gasteiger partial charge on any atom is 0.270 e. The monoisotopic (exact) mass is 384 g/mol. The highest BCUT2D eigenvalue weighted by molar-refractivity contribution is 6.05. The average molecular weight is 384 g/mol. The molecule has 0 radical (unpaired) electrons. The number of methoxy groups -OCH3 is 1. The molecular weight excluding hydrogens is 366 g/mol. The summed E-state index contributed by atoms with van der Waals surface area (Å²) in [5.41, 5.74) is 2.97. The number of aromatic nitrogens is 2. The third-order valence-electron chi connectivity index (χ3n) is 4.67. The van der Waals surface area contributed by atoms with Crippen molar-refractivity contribution in [2.24, 2.45) is 0 Å². The van der Waals surface area contributed by atoms with Crippen LogP contribution in [0.5, 0.6) is 0 Å². The lowest BCUT2D eigenvalue weighted by Gasteiger charge is -2.19. The maximum absolute atomic E-state index is 14.3. The molecule has 0 bridgehead atoms. The highest BCUT2D eigenvalue weighted by atomic mass is 19.2. The molecule has 2 aromatic heterocycles. The van der Waals surface area contributed by atoms with Crippen LogP contribution in [0.4, 0.5) is 20.2 Å². The number of anilines is 2. The van der Waals surface area contributed by atoms with Crippen LogP contribution in [-0.4, -0.2) is 29.1 Å². The third kappa shape index (κ3) is 3.01. The maximum atomic E-state index is 14.3. The zero-order valence-electron chi connectivity index (χ0n) is 15.1. The van der Waals surface area contributed by atoms with E-state index in [1.807, 2.05) is 4.57 Å². The van der Waals surface area contributed by atoms with E-state index in [-0.39, 0.29) is 18.2 Å². The van der Waals surface area contributed by atoms with Gasteiger partial charge in [0.05, 0.1) is 23.7 Å². The minimum atomic E-state index is -1.01. The Morgan fingerprint density at radius 3 is 2.79 bits per heavy atom. The second-order valence-electron chi connectivity index (χ2n) is 6.35. The van der Waals surface area contributed by atoms with Crippen LogP contribution in [0, 0.1) is 11.6 Å². The first kappa shape index (κ1) is 18.1. The first-order valence-electron chi connectivity index (χ1n) is 8.75. The molecule has 0 saturated carbocycles. The van der Waals surface area contributed by atoms with Crippen LogP contribution in [0.3, 0.4) is 0 Å². The Morgan fingerprint density at radius 2 is 2.04 bits per heavy atom. The van der Waals surface area contributed by atoms with Gasteiger partial charge in [-0.2, -0.15) is 0 Å². The summed E-state index contributed by atoms with van der Waals surface area (Å²) in [4.78, 5) is 16.7. The second-order valence-corrected chi connectivity index (χ2v) is 6.35. The smallest absolute Gasteiger partial charge is 0.270 e. The van der Waals surface area contributed by atoms with E-state index in [1.54, 1.807) is 31.6 Å². The lowest BCUT2D eigenvalue weighted by Crippen LogP contribution is -2.36. The molecule has 1 amide bonds. The molecule has 28 heavy (non-hydrogen) atoms. The number of nitrogens with one attached hydrogen (secondary N) is 2. The standard InChI is InChI=1S/C20H18F2N4O2/c1-28-11-15-16(12-5-7-23-8-6-12)18(19-20(27)24-9-10-26(15)19)25-14-4-2-3-13(21)17(14)22/h2-8,25H,9-11H2,1H3,(H,24,27). The van der Waals surface area contributed by atoms with Crippen molar-refractivity contribution in [3.63, 3.8) is 0 Å². The Kier molecular flexibility index (Phi) is 4.79. The number of nitrogens with zero attached hydrogens (tertiary/aromatic N) is 2. The Morgan fingerprint density at radius 1 is 1.25 bits per heavy atom. The van der Waals surface area contributed by atoms with E-state index >= 15 is 0 Å². The van der Waals surface area contributed by atoms with Crippen LogP contribution in [0.1, 0.15) is 16.2 Å². The molecule has 4 rings (SSSR count). The highest BCUT2D eigenvalue weighted by Crippen LogP contribution is 2.40. The van der Waals surface area contributed by atoms with Gasteiger partial charge < -0.3 is 19.9 Å². The van der Waals surface area contributed by atoms with Gasteiger partial charge >= 0.3 is 0 Å². The van der Waals surface area contributed by atoms with Crippen molar-refractivity contribution in [2.45, 2.75) is 13.2 Å². The fourth-order valence-electron chi connectivity index (χ4n) is 3.49. The van der Waals surface area contributed by atoms with Crippen molar-refractivity contribution in [2.75, 3.05) is 19.0 Å². The zero-order chi connectivity index (χ0) is 19.7. The van der Waals surface area contributed by atoms with Crippen molar-refractivity contribution >= 4 is 17.3 Å². The summed E-state index contributed by atoms with van der Waals surface area (Å²) >= 11 is 0. The summed E-state index contributed by atoms with van der Waals surface area (Å²) in [6, 6.07) is 7.47. The predicted octanol–water partition coefficient (Wildman–Crippen LogP) is 3.46. The normalized spacial score (nSPS) is 13.2. The largest absolute Gasteiger partial charge is 0.378 e. The minimum absolute atomic E-state index is 0.0500. The van der Waals surface area contributed by atoms with Gasteiger partial charge in [-0.25, -0.2) is 8.78 Å². The molecule has 144 valence electrons. The van der Waals surface area contributed by atoms with Crippen molar-refractivity contribution in [1.29, 1.82) is 0 Å². The van der Waals surface area contributed by atoms with Gasteiger partial charge in [0.15, 0.2) is 11.6 Å². The number of halogens is 2. The van der Waals surface area contributed by atoms with Gasteiger partial charge in [-0.1, -0.05) is 6.07 Å². The van der Waals surface area contributed by atoms with Crippen LogP contribution in [0.2, 0.25) is 0 Å². The van der Waals surface area contributed by atoms with Gasteiger partial charge in [0.2, 0.25) is 0 Å². The molecule has 0 saturated heterocycles. The predicted molar refractivity (Wildman–Crippen MR) is 100 cm³/mol. The molecule has 8 heteroatoms. The SMILES string of the molecule is COCc1c(-c2ccncc2)c(Nc2cccc(F)c2F)c2n1CCNC2=O. The Labute approximate surface area is 160 Å². The summed E-state index contributed by atoms with van der Waals surface area (Å²) in [6.45, 7) is 1.27. The van der Waals surface area contributed by atoms with Crippen LogP contribution in [-0.2, 0) is 17.9 Å². The van der Waals surface area contributed by atoms with Crippen LogP contribution in [0.15, 0.2) is 42.7 Å². The Hall–Kier alpha value is -3.26. The Bertz CT molecular complexity index is 1030. The topological polar surface area (TPSA) is 68.2 Å². The van der Waals surface area contributed by atoms with Crippen LogP contribution < -0.4 is 10.6 Å². The molecule has 1 aliphatic rings. The molecule has 0 aliphatic carbocycles. The van der Waals surface area contributed by atoms with Gasteiger partial charge in [0, 0.05) is 38.2 Å². The van der Waals surface area contributed by atoms with Crippen LogP contribution in [0.25, 0.3) is 11.1 Å². The van der Waals surface area contributed by atoms with E-state index in [0.29, 0.717) is 30.0 Å². The number of rotatable bonds is 5. The van der Waals surface area contributed by atoms with Crippen molar-refractivity contribution in [1.82, 2.24) is 14.9 Å². The quantitative estimate of drug-likeness (QED) is 0.707. The molecular formula is C20H18F2N4O2. The van der Waals surface area contributed by atoms with E-state index in [2.05, 4.69) is 15.6 Å². The van der Waals surface area contributed by atoms with E-state index in [1.165, 1.54) is 12.1 Å². The van der Waals surface area contributed by atoms with E-state index in [9.17, 15) is 13.6 Å². The number of benzene rings is 1. The fraction of sp³-hybridized carbons (Fsp3) is 0.200. The molecule has 0 fully saturated rings.